The van der Waals surface area contributed by atoms with E-state index in [0.717, 1.165) is 22.6 Å². The van der Waals surface area contributed by atoms with Crippen LogP contribution in [0.1, 0.15) is 38.8 Å². The summed E-state index contributed by atoms with van der Waals surface area (Å²) < 4.78 is 20.4. The fraction of sp³-hybridized carbons (Fsp3) is 0.0882. The van der Waals surface area contributed by atoms with Crippen LogP contribution in [0.15, 0.2) is 109 Å². The molecular formula is C34H26Br2ClN3O5. The first-order valence-electron chi connectivity index (χ1n) is 13.6. The minimum Gasteiger partial charge on any atom is -0.486 e. The minimum absolute atomic E-state index is 0.0640. The number of hydrogen-bond donors (Lipinski definition) is 1. The van der Waals surface area contributed by atoms with E-state index in [2.05, 4.69) is 72.9 Å². The van der Waals surface area contributed by atoms with Crippen molar-refractivity contribution in [2.75, 3.05) is 0 Å². The first kappa shape index (κ1) is 32.0. The number of nitrogens with one attached hydrogen (secondary N) is 1. The van der Waals surface area contributed by atoms with Gasteiger partial charge >= 0.3 is 11.9 Å². The number of benzene rings is 3. The average molecular weight is 752 g/mol. The predicted molar refractivity (Wildman–Crippen MR) is 181 cm³/mol. The number of carbonyl (C=O) groups is 2. The van der Waals surface area contributed by atoms with E-state index in [4.69, 9.17) is 25.5 Å². The number of halogens is 3. The van der Waals surface area contributed by atoms with E-state index >= 15 is 0 Å². The maximum Gasteiger partial charge on any atom is 0.336 e. The lowest BCUT2D eigenvalue weighted by molar-refractivity contribution is -0.128. The number of ether oxygens (including phenoxy) is 2. The highest BCUT2D eigenvalue weighted by Crippen LogP contribution is 2.32. The lowest BCUT2D eigenvalue weighted by atomic mass is 10.2. The van der Waals surface area contributed by atoms with Gasteiger partial charge in [-0.05, 0) is 114 Å². The summed E-state index contributed by atoms with van der Waals surface area (Å²) in [4.78, 5) is 25.2. The monoisotopic (exact) mass is 749 g/mol. The van der Waals surface area contributed by atoms with Gasteiger partial charge in [0.25, 0.3) is 0 Å². The van der Waals surface area contributed by atoms with Crippen LogP contribution in [0.5, 0.6) is 11.5 Å². The summed E-state index contributed by atoms with van der Waals surface area (Å²) in [7, 11) is 0. The second kappa shape index (κ2) is 14.6. The quantitative estimate of drug-likeness (QED) is 0.0506. The van der Waals surface area contributed by atoms with Crippen LogP contribution in [-0.4, -0.2) is 22.7 Å². The fourth-order valence-electron chi connectivity index (χ4n) is 4.37. The van der Waals surface area contributed by atoms with Crippen molar-refractivity contribution < 1.29 is 23.5 Å². The van der Waals surface area contributed by atoms with Gasteiger partial charge in [-0.15, -0.1) is 0 Å². The largest absolute Gasteiger partial charge is 0.486 e. The van der Waals surface area contributed by atoms with E-state index in [1.807, 2.05) is 24.3 Å². The summed E-state index contributed by atoms with van der Waals surface area (Å²) in [6.45, 7) is 4.27. The summed E-state index contributed by atoms with van der Waals surface area (Å²) in [5.74, 6) is 0.282. The van der Waals surface area contributed by atoms with Crippen molar-refractivity contribution in [3.05, 3.63) is 139 Å². The Hall–Kier alpha value is -4.38. The van der Waals surface area contributed by atoms with Gasteiger partial charge in [0, 0.05) is 38.2 Å². The second-order valence-electron chi connectivity index (χ2n) is 9.81. The Morgan fingerprint density at radius 1 is 0.956 bits per heavy atom. The lowest BCUT2D eigenvalue weighted by Crippen LogP contribution is -2.17. The zero-order valence-electron chi connectivity index (χ0n) is 24.1. The van der Waals surface area contributed by atoms with Crippen molar-refractivity contribution in [1.29, 1.82) is 0 Å². The number of hydrazone groups is 1. The third-order valence-electron chi connectivity index (χ3n) is 6.52. The van der Waals surface area contributed by atoms with Crippen molar-refractivity contribution in [3.8, 4) is 17.2 Å². The number of aryl methyl sites for hydroxylation is 2. The van der Waals surface area contributed by atoms with Crippen molar-refractivity contribution in [3.63, 3.8) is 0 Å². The van der Waals surface area contributed by atoms with Crippen LogP contribution < -0.4 is 14.9 Å². The third kappa shape index (κ3) is 8.42. The van der Waals surface area contributed by atoms with E-state index < -0.39 is 11.9 Å². The molecule has 1 N–H and O–H groups in total. The van der Waals surface area contributed by atoms with Crippen LogP contribution in [0.2, 0.25) is 5.02 Å². The molecule has 0 atom stereocenters. The van der Waals surface area contributed by atoms with Crippen LogP contribution in [0.3, 0.4) is 0 Å². The number of furan rings is 1. The molecule has 11 heteroatoms. The second-order valence-corrected chi connectivity index (χ2v) is 12.0. The molecule has 0 aliphatic carbocycles. The highest BCUT2D eigenvalue weighted by molar-refractivity contribution is 9.11. The van der Waals surface area contributed by atoms with Gasteiger partial charge in [-0.1, -0.05) is 39.7 Å². The fourth-order valence-corrected chi connectivity index (χ4v) is 5.84. The maximum atomic E-state index is 12.7. The summed E-state index contributed by atoms with van der Waals surface area (Å²) in [6.07, 6.45) is 4.29. The molecule has 5 rings (SSSR count). The minimum atomic E-state index is -0.598. The Morgan fingerprint density at radius 2 is 1.67 bits per heavy atom. The first-order valence-corrected chi connectivity index (χ1v) is 15.6. The standard InChI is InChI=1S/C34H26Br2ClN3O5/c1-21-3-4-22(2)40(21)27-10-12-28(13-11-27)43-20-29-14-15-31(44-29)34(42)39-38-19-24-17-25(35)18-30(36)33(24)45-32(41)16-7-23-5-8-26(37)9-6-23/h3-19H,20H2,1-2H3,(H,39,42)/b16-7+,38-19-. The zero-order valence-corrected chi connectivity index (χ0v) is 28.0. The van der Waals surface area contributed by atoms with Gasteiger partial charge < -0.3 is 18.5 Å². The summed E-state index contributed by atoms with van der Waals surface area (Å²) in [6, 6.07) is 25.6. The Bertz CT molecular complexity index is 1870. The summed E-state index contributed by atoms with van der Waals surface area (Å²) >= 11 is 12.7. The highest BCUT2D eigenvalue weighted by Gasteiger charge is 2.14. The van der Waals surface area contributed by atoms with Gasteiger partial charge in [0.1, 0.15) is 18.1 Å². The molecule has 0 fully saturated rings. The molecule has 0 aliphatic rings. The maximum absolute atomic E-state index is 12.7. The molecule has 228 valence electrons. The van der Waals surface area contributed by atoms with Crippen molar-refractivity contribution in [2.45, 2.75) is 20.5 Å². The number of amides is 1. The Morgan fingerprint density at radius 3 is 2.38 bits per heavy atom. The van der Waals surface area contributed by atoms with Crippen LogP contribution in [0, 0.1) is 13.8 Å². The molecule has 0 saturated carbocycles. The molecule has 5 aromatic rings. The first-order chi connectivity index (χ1) is 21.7. The normalized spacial score (nSPS) is 11.3. The summed E-state index contributed by atoms with van der Waals surface area (Å²) in [5, 5.41) is 4.63. The van der Waals surface area contributed by atoms with Gasteiger partial charge in [0.15, 0.2) is 11.5 Å². The third-order valence-corrected chi connectivity index (χ3v) is 7.82. The Balaban J connectivity index is 1.17. The lowest BCUT2D eigenvalue weighted by Gasteiger charge is -2.10. The molecule has 1 amide bonds. The molecule has 0 radical (unpaired) electrons. The number of esters is 1. The molecule has 0 saturated heterocycles. The van der Waals surface area contributed by atoms with Gasteiger partial charge in [0.2, 0.25) is 0 Å². The van der Waals surface area contributed by atoms with E-state index in [-0.39, 0.29) is 18.1 Å². The molecule has 0 unspecified atom stereocenters. The van der Waals surface area contributed by atoms with Crippen molar-refractivity contribution in [2.24, 2.45) is 5.10 Å². The SMILES string of the molecule is Cc1ccc(C)n1-c1ccc(OCc2ccc(C(=O)N/N=C\c3cc(Br)cc(Br)c3OC(=O)/C=C/c3ccc(Cl)cc3)o2)cc1. The number of carbonyl (C=O) groups excluding carboxylic acids is 2. The molecule has 45 heavy (non-hydrogen) atoms. The average Bonchev–Trinajstić information content (AvgIpc) is 3.63. The smallest absolute Gasteiger partial charge is 0.336 e. The number of rotatable bonds is 10. The Kier molecular flexibility index (Phi) is 10.4. The number of nitrogens with zero attached hydrogens (tertiary/aromatic N) is 2. The topological polar surface area (TPSA) is 95.1 Å². The van der Waals surface area contributed by atoms with Crippen LogP contribution in [0.4, 0.5) is 0 Å². The summed E-state index contributed by atoms with van der Waals surface area (Å²) in [5.41, 5.74) is 7.01. The predicted octanol–water partition coefficient (Wildman–Crippen LogP) is 8.83. The molecule has 8 nitrogen and oxygen atoms in total. The molecule has 2 aromatic heterocycles. The van der Waals surface area contributed by atoms with E-state index in [9.17, 15) is 9.59 Å². The van der Waals surface area contributed by atoms with Crippen LogP contribution in [-0.2, 0) is 11.4 Å². The zero-order chi connectivity index (χ0) is 31.9. The highest BCUT2D eigenvalue weighted by atomic mass is 79.9. The van der Waals surface area contributed by atoms with Crippen LogP contribution >= 0.6 is 43.5 Å². The molecule has 3 aromatic carbocycles. The van der Waals surface area contributed by atoms with Gasteiger partial charge in [0.05, 0.1) is 10.7 Å². The van der Waals surface area contributed by atoms with Gasteiger partial charge in [-0.3, -0.25) is 4.79 Å². The van der Waals surface area contributed by atoms with E-state index in [1.165, 1.54) is 12.3 Å². The number of aromatic nitrogens is 1. The van der Waals surface area contributed by atoms with Crippen LogP contribution in [0.25, 0.3) is 11.8 Å². The molecule has 0 bridgehead atoms. The van der Waals surface area contributed by atoms with Crippen molar-refractivity contribution in [1.82, 2.24) is 9.99 Å². The number of hydrogen-bond acceptors (Lipinski definition) is 6. The Labute approximate surface area is 281 Å². The molecule has 0 aliphatic heterocycles. The van der Waals surface area contributed by atoms with Crippen molar-refractivity contribution >= 4 is 67.6 Å². The molecule has 0 spiro atoms. The molecular weight excluding hydrogens is 726 g/mol. The van der Waals surface area contributed by atoms with E-state index in [0.29, 0.717) is 31.0 Å². The van der Waals surface area contributed by atoms with Gasteiger partial charge in [-0.2, -0.15) is 5.10 Å². The molecule has 2 heterocycles. The van der Waals surface area contributed by atoms with E-state index in [1.54, 1.807) is 54.6 Å². The van der Waals surface area contributed by atoms with Gasteiger partial charge in [-0.25, -0.2) is 10.2 Å².